The van der Waals surface area contributed by atoms with Gasteiger partial charge in [-0.1, -0.05) is 0 Å². The van der Waals surface area contributed by atoms with Crippen molar-refractivity contribution in [3.05, 3.63) is 30.1 Å². The third kappa shape index (κ3) is 3.12. The Hall–Kier alpha value is -1.26. The van der Waals surface area contributed by atoms with Gasteiger partial charge in [0.15, 0.2) is 0 Å². The predicted octanol–water partition coefficient (Wildman–Crippen LogP) is 3.79. The zero-order valence-corrected chi connectivity index (χ0v) is 8.94. The minimum atomic E-state index is -4.33. The van der Waals surface area contributed by atoms with Crippen LogP contribution in [0.15, 0.2) is 24.3 Å². The summed E-state index contributed by atoms with van der Waals surface area (Å²) in [6.07, 6.45) is -4.33. The average Bonchev–Trinajstić information content (AvgIpc) is 2.15. The molecule has 0 aliphatic rings. The number of halogens is 4. The highest BCUT2D eigenvalue weighted by Crippen LogP contribution is 2.37. The molecule has 16 heavy (non-hydrogen) atoms. The minimum Gasteiger partial charge on any atom is -0.493 e. The molecule has 0 aliphatic carbocycles. The molecule has 0 heterocycles. The van der Waals surface area contributed by atoms with E-state index in [9.17, 15) is 17.6 Å². The second-order valence-electron chi connectivity index (χ2n) is 4.12. The fraction of sp³-hybridized carbons (Fsp3) is 0.455. The summed E-state index contributed by atoms with van der Waals surface area (Å²) in [5.41, 5.74) is -1.93. The Balaban J connectivity index is 2.61. The molecule has 0 aliphatic heterocycles. The molecule has 1 nitrogen and oxygen atoms in total. The zero-order chi connectivity index (χ0) is 12.4. The maximum Gasteiger partial charge on any atom is 0.397 e. The molecule has 0 saturated heterocycles. The molecule has 0 radical (unpaired) electrons. The van der Waals surface area contributed by atoms with Crippen molar-refractivity contribution >= 4 is 0 Å². The number of benzene rings is 1. The van der Waals surface area contributed by atoms with Gasteiger partial charge in [-0.25, -0.2) is 4.39 Å². The number of ether oxygens (including phenoxy) is 1. The van der Waals surface area contributed by atoms with Gasteiger partial charge < -0.3 is 4.74 Å². The van der Waals surface area contributed by atoms with Gasteiger partial charge in [0, 0.05) is 0 Å². The first-order chi connectivity index (χ1) is 7.22. The van der Waals surface area contributed by atoms with E-state index in [0.29, 0.717) is 0 Å². The van der Waals surface area contributed by atoms with E-state index in [2.05, 4.69) is 0 Å². The molecule has 0 fully saturated rings. The molecule has 90 valence electrons. The van der Waals surface area contributed by atoms with Crippen LogP contribution < -0.4 is 4.74 Å². The Labute approximate surface area is 91.0 Å². The number of hydrogen-bond acceptors (Lipinski definition) is 1. The highest BCUT2D eigenvalue weighted by molar-refractivity contribution is 5.22. The van der Waals surface area contributed by atoms with Crippen LogP contribution in [0.1, 0.15) is 13.8 Å². The van der Waals surface area contributed by atoms with Crippen LogP contribution in [-0.4, -0.2) is 12.8 Å². The molecule has 0 N–H and O–H groups in total. The van der Waals surface area contributed by atoms with E-state index in [-0.39, 0.29) is 5.75 Å². The van der Waals surface area contributed by atoms with Gasteiger partial charge >= 0.3 is 6.18 Å². The normalized spacial score (nSPS) is 12.6. The van der Waals surface area contributed by atoms with Crippen molar-refractivity contribution in [3.63, 3.8) is 0 Å². The first-order valence-corrected chi connectivity index (χ1v) is 4.67. The van der Waals surface area contributed by atoms with Gasteiger partial charge in [-0.05, 0) is 38.1 Å². The van der Waals surface area contributed by atoms with Crippen molar-refractivity contribution < 1.29 is 22.3 Å². The standard InChI is InChI=1S/C11H12F4O/c1-10(2,11(13,14)15)7-16-9-5-3-8(12)4-6-9/h3-6H,7H2,1-2H3. The maximum absolute atomic E-state index is 12.5. The Kier molecular flexibility index (Phi) is 3.45. The lowest BCUT2D eigenvalue weighted by atomic mass is 9.94. The third-order valence-electron chi connectivity index (χ3n) is 2.18. The maximum atomic E-state index is 12.5. The summed E-state index contributed by atoms with van der Waals surface area (Å²) in [5, 5.41) is 0. The first-order valence-electron chi connectivity index (χ1n) is 4.67. The van der Waals surface area contributed by atoms with Crippen molar-refractivity contribution in [2.75, 3.05) is 6.61 Å². The van der Waals surface area contributed by atoms with Crippen LogP contribution in [0, 0.1) is 11.2 Å². The van der Waals surface area contributed by atoms with Crippen LogP contribution in [0.25, 0.3) is 0 Å². The molecule has 0 atom stereocenters. The Morgan fingerprint density at radius 1 is 1.06 bits per heavy atom. The van der Waals surface area contributed by atoms with E-state index in [0.717, 1.165) is 26.0 Å². The summed E-state index contributed by atoms with van der Waals surface area (Å²) in [6, 6.07) is 4.86. The van der Waals surface area contributed by atoms with Crippen molar-refractivity contribution in [2.24, 2.45) is 5.41 Å². The molecule has 1 aromatic carbocycles. The fourth-order valence-corrected chi connectivity index (χ4v) is 0.876. The quantitative estimate of drug-likeness (QED) is 0.725. The monoisotopic (exact) mass is 236 g/mol. The summed E-state index contributed by atoms with van der Waals surface area (Å²) < 4.78 is 54.9. The van der Waals surface area contributed by atoms with E-state index in [1.54, 1.807) is 0 Å². The van der Waals surface area contributed by atoms with Gasteiger partial charge in [-0.15, -0.1) is 0 Å². The summed E-state index contributed by atoms with van der Waals surface area (Å²) in [6.45, 7) is 1.61. The molecule has 1 aromatic rings. The number of alkyl halides is 3. The van der Waals surface area contributed by atoms with Gasteiger partial charge in [-0.3, -0.25) is 0 Å². The van der Waals surface area contributed by atoms with Crippen molar-refractivity contribution in [2.45, 2.75) is 20.0 Å². The molecular formula is C11H12F4O. The van der Waals surface area contributed by atoms with Gasteiger partial charge in [0.05, 0.1) is 5.41 Å². The molecule has 0 spiro atoms. The minimum absolute atomic E-state index is 0.221. The summed E-state index contributed by atoms with van der Waals surface area (Å²) in [4.78, 5) is 0. The van der Waals surface area contributed by atoms with E-state index < -0.39 is 24.0 Å². The second kappa shape index (κ2) is 4.31. The molecule has 1 rings (SSSR count). The molecule has 5 heteroatoms. The largest absolute Gasteiger partial charge is 0.493 e. The van der Waals surface area contributed by atoms with Crippen LogP contribution in [0.3, 0.4) is 0 Å². The van der Waals surface area contributed by atoms with Gasteiger partial charge in [0.1, 0.15) is 18.2 Å². The Morgan fingerprint density at radius 3 is 2.00 bits per heavy atom. The molecule has 0 saturated carbocycles. The SMILES string of the molecule is CC(C)(COc1ccc(F)cc1)C(F)(F)F. The summed E-state index contributed by atoms with van der Waals surface area (Å²) in [5.74, 6) is -0.235. The van der Waals surface area contributed by atoms with Crippen molar-refractivity contribution in [1.29, 1.82) is 0 Å². The number of rotatable bonds is 3. The Morgan fingerprint density at radius 2 is 1.56 bits per heavy atom. The highest BCUT2D eigenvalue weighted by Gasteiger charge is 2.47. The lowest BCUT2D eigenvalue weighted by molar-refractivity contribution is -0.219. The molecular weight excluding hydrogens is 224 g/mol. The smallest absolute Gasteiger partial charge is 0.397 e. The second-order valence-corrected chi connectivity index (χ2v) is 4.12. The fourth-order valence-electron chi connectivity index (χ4n) is 0.876. The van der Waals surface area contributed by atoms with Gasteiger partial charge in [0.25, 0.3) is 0 Å². The first kappa shape index (κ1) is 12.8. The van der Waals surface area contributed by atoms with Gasteiger partial charge in [0.2, 0.25) is 0 Å². The topological polar surface area (TPSA) is 9.23 Å². The highest BCUT2D eigenvalue weighted by atomic mass is 19.4. The van der Waals surface area contributed by atoms with E-state index >= 15 is 0 Å². The third-order valence-corrected chi connectivity index (χ3v) is 2.18. The molecule has 0 bridgehead atoms. The van der Waals surface area contributed by atoms with E-state index in [4.69, 9.17) is 4.74 Å². The predicted molar refractivity (Wildman–Crippen MR) is 51.7 cm³/mol. The Bertz CT molecular complexity index is 340. The lowest BCUT2D eigenvalue weighted by Crippen LogP contribution is -2.37. The van der Waals surface area contributed by atoms with Crippen LogP contribution in [0.4, 0.5) is 17.6 Å². The molecule has 0 unspecified atom stereocenters. The lowest BCUT2D eigenvalue weighted by Gasteiger charge is -2.27. The molecule has 0 amide bonds. The van der Waals surface area contributed by atoms with Crippen LogP contribution in [0.2, 0.25) is 0 Å². The van der Waals surface area contributed by atoms with Gasteiger partial charge in [-0.2, -0.15) is 13.2 Å². The van der Waals surface area contributed by atoms with Crippen LogP contribution >= 0.6 is 0 Å². The van der Waals surface area contributed by atoms with Crippen molar-refractivity contribution in [1.82, 2.24) is 0 Å². The summed E-state index contributed by atoms with van der Waals surface area (Å²) in [7, 11) is 0. The van der Waals surface area contributed by atoms with Crippen LogP contribution in [0.5, 0.6) is 5.75 Å². The van der Waals surface area contributed by atoms with Crippen LogP contribution in [-0.2, 0) is 0 Å². The zero-order valence-electron chi connectivity index (χ0n) is 8.94. The van der Waals surface area contributed by atoms with E-state index in [1.807, 2.05) is 0 Å². The average molecular weight is 236 g/mol. The number of hydrogen-bond donors (Lipinski definition) is 0. The molecule has 0 aromatic heterocycles. The van der Waals surface area contributed by atoms with Crippen molar-refractivity contribution in [3.8, 4) is 5.75 Å². The van der Waals surface area contributed by atoms with E-state index in [1.165, 1.54) is 12.1 Å². The summed E-state index contributed by atoms with van der Waals surface area (Å²) >= 11 is 0.